The van der Waals surface area contributed by atoms with Crippen LogP contribution in [-0.2, 0) is 0 Å². The number of benzene rings is 3. The number of aryl methyl sites for hydroxylation is 2. The van der Waals surface area contributed by atoms with Crippen molar-refractivity contribution in [1.29, 1.82) is 0 Å². The van der Waals surface area contributed by atoms with E-state index in [1.54, 1.807) is 0 Å². The highest BCUT2D eigenvalue weighted by Crippen LogP contribution is 2.37. The Morgan fingerprint density at radius 2 is 1.32 bits per heavy atom. The van der Waals surface area contributed by atoms with Crippen molar-refractivity contribution < 1.29 is 0 Å². The van der Waals surface area contributed by atoms with Gasteiger partial charge in [0.15, 0.2) is 5.69 Å². The molecule has 0 atom stereocenters. The minimum absolute atomic E-state index is 0.709. The van der Waals surface area contributed by atoms with Crippen molar-refractivity contribution in [3.05, 3.63) is 89.3 Å². The van der Waals surface area contributed by atoms with E-state index >= 15 is 0 Å². The molecule has 0 radical (unpaired) electrons. The molecule has 0 N–H and O–H groups in total. The van der Waals surface area contributed by atoms with Crippen molar-refractivity contribution in [2.75, 3.05) is 0 Å². The van der Waals surface area contributed by atoms with Gasteiger partial charge in [-0.3, -0.25) is 0 Å². The third kappa shape index (κ3) is 2.52. The summed E-state index contributed by atoms with van der Waals surface area (Å²) >= 11 is 0. The van der Waals surface area contributed by atoms with Crippen LogP contribution in [0, 0.1) is 20.4 Å². The second kappa shape index (κ2) is 5.87. The molecule has 0 amide bonds. The molecule has 3 aromatic carbocycles. The highest BCUT2D eigenvalue weighted by molar-refractivity contribution is 5.84. The molecule has 0 saturated carbocycles. The van der Waals surface area contributed by atoms with E-state index in [0.717, 1.165) is 5.56 Å². The third-order valence-corrected chi connectivity index (χ3v) is 3.93. The van der Waals surface area contributed by atoms with Crippen molar-refractivity contribution in [2.24, 2.45) is 0 Å². The second-order valence-corrected chi connectivity index (χ2v) is 5.48. The van der Waals surface area contributed by atoms with Crippen molar-refractivity contribution in [1.82, 2.24) is 0 Å². The molecule has 0 unspecified atom stereocenters. The fraction of sp³-hybridized carbons (Fsp3) is 0.0952. The monoisotopic (exact) mass is 283 g/mol. The average molecular weight is 283 g/mol. The largest absolute Gasteiger partial charge is 0.238 e. The lowest BCUT2D eigenvalue weighted by molar-refractivity contribution is 1.38. The first-order chi connectivity index (χ1) is 10.7. The highest BCUT2D eigenvalue weighted by atomic mass is 14.6. The normalized spacial score (nSPS) is 10.2. The van der Waals surface area contributed by atoms with E-state index in [9.17, 15) is 0 Å². The molecule has 0 aliphatic carbocycles. The number of nitrogens with zero attached hydrogens (tertiary/aromatic N) is 1. The minimum atomic E-state index is 0.709. The molecule has 0 heterocycles. The van der Waals surface area contributed by atoms with Gasteiger partial charge in [-0.1, -0.05) is 66.7 Å². The van der Waals surface area contributed by atoms with Crippen LogP contribution in [0.4, 0.5) is 5.69 Å². The predicted molar refractivity (Wildman–Crippen MR) is 93.1 cm³/mol. The molecular weight excluding hydrogens is 266 g/mol. The van der Waals surface area contributed by atoms with Gasteiger partial charge in [0.25, 0.3) is 0 Å². The number of hydrogen-bond acceptors (Lipinski definition) is 0. The Labute approximate surface area is 131 Å². The van der Waals surface area contributed by atoms with Crippen LogP contribution in [0.3, 0.4) is 0 Å². The van der Waals surface area contributed by atoms with Crippen molar-refractivity contribution in [2.45, 2.75) is 13.8 Å². The van der Waals surface area contributed by atoms with Crippen molar-refractivity contribution in [3.8, 4) is 22.3 Å². The maximum Gasteiger partial charge on any atom is 0.194 e. The summed E-state index contributed by atoms with van der Waals surface area (Å²) < 4.78 is 0. The molecule has 0 fully saturated rings. The maximum atomic E-state index is 7.38. The van der Waals surface area contributed by atoms with E-state index in [-0.39, 0.29) is 0 Å². The zero-order chi connectivity index (χ0) is 15.5. The van der Waals surface area contributed by atoms with Gasteiger partial charge in [0.05, 0.1) is 6.57 Å². The van der Waals surface area contributed by atoms with Crippen LogP contribution in [0.5, 0.6) is 0 Å². The molecule has 0 aromatic heterocycles. The molecule has 0 spiro atoms. The van der Waals surface area contributed by atoms with E-state index in [4.69, 9.17) is 6.57 Å². The van der Waals surface area contributed by atoms with Gasteiger partial charge in [0, 0.05) is 0 Å². The van der Waals surface area contributed by atoms with E-state index < -0.39 is 0 Å². The summed E-state index contributed by atoms with van der Waals surface area (Å²) in [6.07, 6.45) is 0. The van der Waals surface area contributed by atoms with Gasteiger partial charge in [-0.2, -0.15) is 0 Å². The fourth-order valence-electron chi connectivity index (χ4n) is 2.97. The summed E-state index contributed by atoms with van der Waals surface area (Å²) in [7, 11) is 0. The Hall–Kier alpha value is -2.85. The molecule has 1 heteroatoms. The van der Waals surface area contributed by atoms with Crippen LogP contribution in [0.15, 0.2) is 66.7 Å². The summed E-state index contributed by atoms with van der Waals surface area (Å²) in [5, 5.41) is 0. The summed E-state index contributed by atoms with van der Waals surface area (Å²) in [6, 6.07) is 22.6. The molecule has 0 aliphatic heterocycles. The highest BCUT2D eigenvalue weighted by Gasteiger charge is 2.11. The van der Waals surface area contributed by atoms with Crippen LogP contribution >= 0.6 is 0 Å². The lowest BCUT2D eigenvalue weighted by Crippen LogP contribution is -1.91. The summed E-state index contributed by atoms with van der Waals surface area (Å²) in [4.78, 5) is 3.66. The Morgan fingerprint density at radius 3 is 1.95 bits per heavy atom. The van der Waals surface area contributed by atoms with Gasteiger partial charge in [-0.25, -0.2) is 4.85 Å². The van der Waals surface area contributed by atoms with E-state index in [2.05, 4.69) is 55.1 Å². The van der Waals surface area contributed by atoms with Crippen LogP contribution < -0.4 is 0 Å². The summed E-state index contributed by atoms with van der Waals surface area (Å²) in [5.74, 6) is 0. The van der Waals surface area contributed by atoms with Crippen LogP contribution in [-0.4, -0.2) is 0 Å². The Morgan fingerprint density at radius 1 is 0.727 bits per heavy atom. The molecule has 3 aromatic rings. The van der Waals surface area contributed by atoms with E-state index in [0.29, 0.717) is 5.69 Å². The quantitative estimate of drug-likeness (QED) is 0.494. The SMILES string of the molecule is [C-]#[N+]c1ccccc1-c1c(C)cc(-c2ccccc2)cc1C. The second-order valence-electron chi connectivity index (χ2n) is 5.48. The molecule has 3 rings (SSSR count). The van der Waals surface area contributed by atoms with E-state index in [1.165, 1.54) is 27.8 Å². The smallest absolute Gasteiger partial charge is 0.194 e. The first-order valence-electron chi connectivity index (χ1n) is 7.34. The van der Waals surface area contributed by atoms with Gasteiger partial charge in [0.2, 0.25) is 0 Å². The van der Waals surface area contributed by atoms with Crippen molar-refractivity contribution in [3.63, 3.8) is 0 Å². The average Bonchev–Trinajstić information content (AvgIpc) is 2.55. The Kier molecular flexibility index (Phi) is 3.76. The Balaban J connectivity index is 2.18. The molecule has 106 valence electrons. The van der Waals surface area contributed by atoms with Gasteiger partial charge in [0.1, 0.15) is 0 Å². The third-order valence-electron chi connectivity index (χ3n) is 3.93. The van der Waals surface area contributed by atoms with Crippen molar-refractivity contribution >= 4 is 5.69 Å². The lowest BCUT2D eigenvalue weighted by Gasteiger charge is -2.14. The standard InChI is InChI=1S/C21H17N/c1-15-13-18(17-9-5-4-6-10-17)14-16(2)21(15)19-11-7-8-12-20(19)22-3/h4-14H,1-2H3. The molecule has 0 bridgehead atoms. The zero-order valence-electron chi connectivity index (χ0n) is 12.8. The van der Waals surface area contributed by atoms with Gasteiger partial charge in [-0.15, -0.1) is 0 Å². The summed E-state index contributed by atoms with van der Waals surface area (Å²) in [5.41, 5.74) is 7.75. The minimum Gasteiger partial charge on any atom is -0.238 e. The van der Waals surface area contributed by atoms with Crippen LogP contribution in [0.1, 0.15) is 11.1 Å². The number of rotatable bonds is 2. The lowest BCUT2D eigenvalue weighted by atomic mass is 9.91. The molecule has 0 aliphatic rings. The molecular formula is C21H17N. The van der Waals surface area contributed by atoms with Crippen LogP contribution in [0.25, 0.3) is 27.1 Å². The predicted octanol–water partition coefficient (Wildman–Crippen LogP) is 6.19. The molecule has 22 heavy (non-hydrogen) atoms. The van der Waals surface area contributed by atoms with Crippen LogP contribution in [0.2, 0.25) is 0 Å². The van der Waals surface area contributed by atoms with Gasteiger partial charge in [-0.05, 0) is 47.2 Å². The Bertz CT molecular complexity index is 832. The maximum absolute atomic E-state index is 7.38. The zero-order valence-corrected chi connectivity index (χ0v) is 12.8. The molecule has 0 saturated heterocycles. The van der Waals surface area contributed by atoms with E-state index in [1.807, 2.05) is 30.3 Å². The molecule has 1 nitrogen and oxygen atoms in total. The first-order valence-corrected chi connectivity index (χ1v) is 7.34. The number of para-hydroxylation sites is 1. The fourth-order valence-corrected chi connectivity index (χ4v) is 2.97. The van der Waals surface area contributed by atoms with Gasteiger partial charge < -0.3 is 0 Å². The van der Waals surface area contributed by atoms with Gasteiger partial charge >= 0.3 is 0 Å². The topological polar surface area (TPSA) is 4.36 Å². The summed E-state index contributed by atoms with van der Waals surface area (Å²) in [6.45, 7) is 11.6. The first kappa shape index (κ1) is 14.1. The number of hydrogen-bond donors (Lipinski definition) is 0.